The number of carbonyl (C=O) groups excluding carboxylic acids is 2. The average molecular weight is 335 g/mol. The van der Waals surface area contributed by atoms with E-state index in [9.17, 15) is 9.59 Å². The van der Waals surface area contributed by atoms with Crippen molar-refractivity contribution in [3.05, 3.63) is 29.8 Å². The summed E-state index contributed by atoms with van der Waals surface area (Å²) >= 11 is 0. The monoisotopic (exact) mass is 335 g/mol. The van der Waals surface area contributed by atoms with Crippen LogP contribution < -0.4 is 4.74 Å². The van der Waals surface area contributed by atoms with Crippen molar-refractivity contribution < 1.29 is 23.8 Å². The van der Waals surface area contributed by atoms with Gasteiger partial charge in [0.1, 0.15) is 17.4 Å². The fourth-order valence-corrected chi connectivity index (χ4v) is 2.90. The number of nitrogens with zero attached hydrogens (tertiary/aromatic N) is 1. The molecule has 1 saturated heterocycles. The van der Waals surface area contributed by atoms with Crippen LogP contribution in [0.15, 0.2) is 24.3 Å². The number of benzene rings is 1. The van der Waals surface area contributed by atoms with Crippen molar-refractivity contribution in [2.75, 3.05) is 14.2 Å². The molecule has 1 aromatic carbocycles. The second-order valence-electron chi connectivity index (χ2n) is 6.79. The predicted molar refractivity (Wildman–Crippen MR) is 88.8 cm³/mol. The third-order valence-electron chi connectivity index (χ3n) is 3.96. The highest BCUT2D eigenvalue weighted by atomic mass is 16.6. The summed E-state index contributed by atoms with van der Waals surface area (Å²) in [4.78, 5) is 26.2. The Balaban J connectivity index is 2.30. The van der Waals surface area contributed by atoms with E-state index in [0.717, 1.165) is 11.3 Å². The summed E-state index contributed by atoms with van der Waals surface area (Å²) in [6.45, 7) is 5.41. The molecule has 6 heteroatoms. The number of hydrogen-bond donors (Lipinski definition) is 0. The first-order valence-electron chi connectivity index (χ1n) is 8.00. The summed E-state index contributed by atoms with van der Waals surface area (Å²) in [6, 6.07) is 6.63. The number of rotatable bonds is 3. The number of carbonyl (C=O) groups is 2. The third-order valence-corrected chi connectivity index (χ3v) is 3.96. The molecule has 6 nitrogen and oxygen atoms in total. The van der Waals surface area contributed by atoms with Gasteiger partial charge in [-0.2, -0.15) is 0 Å². The van der Waals surface area contributed by atoms with Crippen LogP contribution in [0.5, 0.6) is 5.75 Å². The van der Waals surface area contributed by atoms with Crippen molar-refractivity contribution in [1.82, 2.24) is 4.90 Å². The van der Waals surface area contributed by atoms with Gasteiger partial charge < -0.3 is 14.2 Å². The van der Waals surface area contributed by atoms with E-state index in [1.807, 2.05) is 24.3 Å². The van der Waals surface area contributed by atoms with E-state index in [1.54, 1.807) is 27.9 Å². The zero-order valence-corrected chi connectivity index (χ0v) is 14.9. The van der Waals surface area contributed by atoms with Gasteiger partial charge in [-0.1, -0.05) is 12.1 Å². The Hall–Kier alpha value is -2.24. The Morgan fingerprint density at radius 3 is 2.21 bits per heavy atom. The van der Waals surface area contributed by atoms with Crippen molar-refractivity contribution in [2.45, 2.75) is 51.3 Å². The molecule has 0 saturated carbocycles. The Morgan fingerprint density at radius 1 is 1.08 bits per heavy atom. The number of hydrogen-bond acceptors (Lipinski definition) is 5. The molecule has 1 aliphatic rings. The van der Waals surface area contributed by atoms with E-state index in [4.69, 9.17) is 14.2 Å². The molecule has 0 bridgehead atoms. The Morgan fingerprint density at radius 2 is 1.71 bits per heavy atom. The van der Waals surface area contributed by atoms with E-state index in [0.29, 0.717) is 12.8 Å². The van der Waals surface area contributed by atoms with Crippen LogP contribution in [-0.2, 0) is 14.3 Å². The van der Waals surface area contributed by atoms with Crippen LogP contribution in [0.3, 0.4) is 0 Å². The Bertz CT molecular complexity index is 590. The molecule has 1 fully saturated rings. The van der Waals surface area contributed by atoms with Gasteiger partial charge in [0.2, 0.25) is 0 Å². The fraction of sp³-hybridized carbons (Fsp3) is 0.556. The SMILES string of the molecule is COC(=O)[C@@H]1CC[C@H](c2ccc(OC)cc2)N1C(=O)OC(C)(C)C. The minimum Gasteiger partial charge on any atom is -0.497 e. The topological polar surface area (TPSA) is 65.1 Å². The Labute approximate surface area is 142 Å². The zero-order chi connectivity index (χ0) is 17.9. The number of likely N-dealkylation sites (tertiary alicyclic amines) is 1. The molecule has 1 amide bonds. The molecular weight excluding hydrogens is 310 g/mol. The fourth-order valence-electron chi connectivity index (χ4n) is 2.90. The highest BCUT2D eigenvalue weighted by Crippen LogP contribution is 2.38. The van der Waals surface area contributed by atoms with Gasteiger partial charge in [0.05, 0.1) is 20.3 Å². The van der Waals surface area contributed by atoms with Gasteiger partial charge in [-0.15, -0.1) is 0 Å². The van der Waals surface area contributed by atoms with Crippen molar-refractivity contribution in [3.8, 4) is 5.75 Å². The van der Waals surface area contributed by atoms with Gasteiger partial charge in [0.15, 0.2) is 0 Å². The van der Waals surface area contributed by atoms with E-state index >= 15 is 0 Å². The van der Waals surface area contributed by atoms with Gasteiger partial charge in [-0.05, 0) is 51.3 Å². The normalized spacial score (nSPS) is 20.6. The lowest BCUT2D eigenvalue weighted by Crippen LogP contribution is -2.44. The first-order chi connectivity index (χ1) is 11.3. The van der Waals surface area contributed by atoms with Gasteiger partial charge in [0.25, 0.3) is 0 Å². The minimum absolute atomic E-state index is 0.227. The molecular formula is C18H25NO5. The van der Waals surface area contributed by atoms with E-state index in [2.05, 4.69) is 0 Å². The largest absolute Gasteiger partial charge is 0.497 e. The van der Waals surface area contributed by atoms with Crippen molar-refractivity contribution in [1.29, 1.82) is 0 Å². The molecule has 0 radical (unpaired) electrons. The predicted octanol–water partition coefficient (Wildman–Crippen LogP) is 3.31. The molecule has 1 aliphatic heterocycles. The molecule has 24 heavy (non-hydrogen) atoms. The molecule has 0 N–H and O–H groups in total. The number of amides is 1. The molecule has 1 aromatic rings. The minimum atomic E-state index is -0.634. The van der Waals surface area contributed by atoms with Crippen LogP contribution >= 0.6 is 0 Å². The van der Waals surface area contributed by atoms with Crippen molar-refractivity contribution in [2.24, 2.45) is 0 Å². The first-order valence-corrected chi connectivity index (χ1v) is 8.00. The lowest BCUT2D eigenvalue weighted by atomic mass is 10.0. The van der Waals surface area contributed by atoms with E-state index in [-0.39, 0.29) is 6.04 Å². The highest BCUT2D eigenvalue weighted by Gasteiger charge is 2.44. The van der Waals surface area contributed by atoms with Gasteiger partial charge in [-0.25, -0.2) is 9.59 Å². The zero-order valence-electron chi connectivity index (χ0n) is 14.9. The maximum atomic E-state index is 12.7. The molecule has 0 unspecified atom stereocenters. The summed E-state index contributed by atoms with van der Waals surface area (Å²) in [5.74, 6) is 0.321. The molecule has 0 aromatic heterocycles. The second-order valence-corrected chi connectivity index (χ2v) is 6.79. The standard InChI is InChI=1S/C18H25NO5/c1-18(2,3)24-17(21)19-14(10-11-15(19)16(20)23-5)12-6-8-13(22-4)9-7-12/h6-9,14-15H,10-11H2,1-5H3/t14-,15+/m1/s1. The van der Waals surface area contributed by atoms with Crippen molar-refractivity contribution >= 4 is 12.1 Å². The highest BCUT2D eigenvalue weighted by molar-refractivity contribution is 5.82. The molecule has 2 rings (SSSR count). The van der Waals surface area contributed by atoms with Crippen LogP contribution in [0.1, 0.15) is 45.2 Å². The molecule has 2 atom stereocenters. The maximum absolute atomic E-state index is 12.7. The lowest BCUT2D eigenvalue weighted by molar-refractivity contribution is -0.146. The van der Waals surface area contributed by atoms with Gasteiger partial charge in [-0.3, -0.25) is 4.90 Å². The van der Waals surface area contributed by atoms with Gasteiger partial charge >= 0.3 is 12.1 Å². The molecule has 0 spiro atoms. The Kier molecular flexibility index (Phi) is 5.36. The maximum Gasteiger partial charge on any atom is 0.411 e. The summed E-state index contributed by atoms with van der Waals surface area (Å²) < 4.78 is 15.5. The first kappa shape index (κ1) is 18.1. The van der Waals surface area contributed by atoms with Gasteiger partial charge in [0, 0.05) is 0 Å². The summed E-state index contributed by atoms with van der Waals surface area (Å²) in [7, 11) is 2.93. The smallest absolute Gasteiger partial charge is 0.411 e. The summed E-state index contributed by atoms with van der Waals surface area (Å²) in [5, 5.41) is 0. The van der Waals surface area contributed by atoms with E-state index < -0.39 is 23.7 Å². The number of esters is 1. The van der Waals surface area contributed by atoms with Crippen LogP contribution in [0.2, 0.25) is 0 Å². The van der Waals surface area contributed by atoms with Crippen molar-refractivity contribution in [3.63, 3.8) is 0 Å². The van der Waals surface area contributed by atoms with Crippen LogP contribution in [0, 0.1) is 0 Å². The van der Waals surface area contributed by atoms with Crippen LogP contribution in [0.4, 0.5) is 4.79 Å². The second kappa shape index (κ2) is 7.11. The van der Waals surface area contributed by atoms with Crippen LogP contribution in [0.25, 0.3) is 0 Å². The average Bonchev–Trinajstić information content (AvgIpc) is 2.97. The number of methoxy groups -OCH3 is 2. The summed E-state index contributed by atoms with van der Waals surface area (Å²) in [6.07, 6.45) is 0.713. The van der Waals surface area contributed by atoms with E-state index in [1.165, 1.54) is 12.0 Å². The lowest BCUT2D eigenvalue weighted by Gasteiger charge is -2.31. The molecule has 132 valence electrons. The molecule has 1 heterocycles. The summed E-state index contributed by atoms with van der Waals surface area (Å²) in [5.41, 5.74) is 0.304. The quantitative estimate of drug-likeness (QED) is 0.793. The molecule has 0 aliphatic carbocycles. The number of ether oxygens (including phenoxy) is 3. The van der Waals surface area contributed by atoms with Crippen LogP contribution in [-0.4, -0.2) is 42.8 Å². The third kappa shape index (κ3) is 3.99.